The third-order valence-electron chi connectivity index (χ3n) is 6.14. The molecule has 196 valence electrons. The summed E-state index contributed by atoms with van der Waals surface area (Å²) in [6.07, 6.45) is 1.50. The first kappa shape index (κ1) is 27.5. The number of benzene rings is 2. The van der Waals surface area contributed by atoms with E-state index in [0.29, 0.717) is 11.1 Å². The molecule has 8 heteroatoms. The van der Waals surface area contributed by atoms with E-state index in [0.717, 1.165) is 55.1 Å². The van der Waals surface area contributed by atoms with Crippen LogP contribution in [0.4, 0.5) is 10.5 Å². The second-order valence-corrected chi connectivity index (χ2v) is 8.42. The summed E-state index contributed by atoms with van der Waals surface area (Å²) in [7, 11) is 0. The number of nitrogens with zero attached hydrogens (tertiary/aromatic N) is 3. The highest BCUT2D eigenvalue weighted by Crippen LogP contribution is 2.29. The summed E-state index contributed by atoms with van der Waals surface area (Å²) < 4.78 is 11.5. The monoisotopic (exact) mass is 505 g/mol. The lowest BCUT2D eigenvalue weighted by atomic mass is 10.0. The Bertz CT molecular complexity index is 1310. The van der Waals surface area contributed by atoms with Crippen LogP contribution in [0.2, 0.25) is 0 Å². The molecule has 2 aromatic carbocycles. The van der Waals surface area contributed by atoms with Gasteiger partial charge in [0.2, 0.25) is 0 Å². The average molecular weight is 506 g/mol. The molecule has 3 aromatic rings. The minimum Gasteiger partial charge on any atom is -0.450 e. The zero-order valence-electron chi connectivity index (χ0n) is 21.7. The largest absolute Gasteiger partial charge is 0.507 e. The summed E-state index contributed by atoms with van der Waals surface area (Å²) in [4.78, 5) is 27.9. The normalized spacial score (nSPS) is 15.0. The summed E-state index contributed by atoms with van der Waals surface area (Å²) in [5.41, 5.74) is 4.87. The number of carbonyl (C=O) groups is 1. The predicted octanol–water partition coefficient (Wildman–Crippen LogP) is 5.78. The average Bonchev–Trinajstić information content (AvgIpc) is 3.26. The fourth-order valence-electron chi connectivity index (χ4n) is 4.37. The van der Waals surface area contributed by atoms with E-state index in [1.54, 1.807) is 6.07 Å². The molecule has 1 fully saturated rings. The number of allylic oxidation sites excluding steroid dienone is 2. The highest BCUT2D eigenvalue weighted by Gasteiger charge is 2.24. The number of hydrogen-bond acceptors (Lipinski definition) is 6. The molecule has 1 atom stereocenters. The van der Waals surface area contributed by atoms with Gasteiger partial charge in [0, 0.05) is 32.7 Å². The van der Waals surface area contributed by atoms with Crippen molar-refractivity contribution in [2.75, 3.05) is 37.6 Å². The number of piperazine rings is 1. The van der Waals surface area contributed by atoms with Crippen molar-refractivity contribution in [2.45, 2.75) is 27.0 Å². The summed E-state index contributed by atoms with van der Waals surface area (Å²) in [5.74, 6) is -0.653. The first-order chi connectivity index (χ1) is 17.9. The van der Waals surface area contributed by atoms with Crippen LogP contribution in [0.15, 0.2) is 88.6 Å². The van der Waals surface area contributed by atoms with Gasteiger partial charge in [-0.15, -0.1) is 0 Å². The molecular weight excluding hydrogens is 470 g/mol. The first-order valence-corrected chi connectivity index (χ1v) is 12.5. The van der Waals surface area contributed by atoms with Gasteiger partial charge in [0.1, 0.15) is 0 Å². The number of rotatable bonds is 8. The van der Waals surface area contributed by atoms with Gasteiger partial charge in [0.15, 0.2) is 11.8 Å². The molecule has 4 rings (SSSR count). The third kappa shape index (κ3) is 6.59. The summed E-state index contributed by atoms with van der Waals surface area (Å²) >= 11 is 0. The quantitative estimate of drug-likeness (QED) is 0.307. The molecule has 37 heavy (non-hydrogen) atoms. The molecule has 2 heterocycles. The fraction of sp³-hybridized carbons (Fsp3) is 0.310. The van der Waals surface area contributed by atoms with Crippen LogP contribution in [-0.2, 0) is 4.74 Å². The van der Waals surface area contributed by atoms with Crippen molar-refractivity contribution in [3.05, 3.63) is 95.5 Å². The van der Waals surface area contributed by atoms with Crippen molar-refractivity contribution in [3.8, 4) is 0 Å². The Morgan fingerprint density at radius 3 is 2.41 bits per heavy atom. The molecule has 0 radical (unpaired) electrons. The van der Waals surface area contributed by atoms with Gasteiger partial charge < -0.3 is 19.2 Å². The molecule has 8 nitrogen and oxygen atoms in total. The molecule has 1 aromatic heterocycles. The lowest BCUT2D eigenvalue weighted by molar-refractivity contribution is 0.0269. The molecule has 0 aliphatic carbocycles. The highest BCUT2D eigenvalue weighted by molar-refractivity contribution is 5.87. The van der Waals surface area contributed by atoms with Crippen LogP contribution < -0.4 is 10.7 Å². The molecule has 0 spiro atoms. The number of aromatic nitrogens is 1. The van der Waals surface area contributed by atoms with E-state index in [4.69, 9.17) is 14.3 Å². The summed E-state index contributed by atoms with van der Waals surface area (Å²) in [6, 6.07) is 15.5. The Morgan fingerprint density at radius 2 is 1.78 bits per heavy atom. The van der Waals surface area contributed by atoms with Gasteiger partial charge in [-0.05, 0) is 35.8 Å². The Kier molecular flexibility index (Phi) is 9.51. The van der Waals surface area contributed by atoms with Gasteiger partial charge in [0.25, 0.3) is 0 Å². The molecule has 1 aliphatic heterocycles. The van der Waals surface area contributed by atoms with Crippen LogP contribution in [0.1, 0.15) is 32.6 Å². The smallest absolute Gasteiger partial charge is 0.450 e. The van der Waals surface area contributed by atoms with Crippen LogP contribution >= 0.6 is 0 Å². The molecule has 0 bridgehead atoms. The van der Waals surface area contributed by atoms with Crippen LogP contribution in [-0.4, -0.2) is 53.5 Å². The van der Waals surface area contributed by atoms with Crippen molar-refractivity contribution >= 4 is 28.5 Å². The summed E-state index contributed by atoms with van der Waals surface area (Å²) in [5, 5.41) is 8.92. The van der Waals surface area contributed by atoms with E-state index < -0.39 is 18.1 Å². The maximum absolute atomic E-state index is 12.5. The van der Waals surface area contributed by atoms with Crippen molar-refractivity contribution in [1.29, 1.82) is 0 Å². The maximum atomic E-state index is 12.5. The van der Waals surface area contributed by atoms with Gasteiger partial charge in [-0.2, -0.15) is 0 Å². The van der Waals surface area contributed by atoms with Crippen LogP contribution in [0, 0.1) is 0 Å². The van der Waals surface area contributed by atoms with Crippen molar-refractivity contribution < 1.29 is 19.1 Å². The topological polar surface area (TPSA) is 88.1 Å². The van der Waals surface area contributed by atoms with Crippen molar-refractivity contribution in [3.63, 3.8) is 0 Å². The molecule has 0 amide bonds. The van der Waals surface area contributed by atoms with E-state index in [9.17, 15) is 9.59 Å². The number of para-hydroxylation sites is 1. The standard InChI is InChI=1S/C27H29N3O5.C2H6/c1-4-21(17-19(2)22-9-6-5-7-10-22)18-28-13-15-29(16-14-28)23-11-8-12-24-25(23)35-26(31)30(24)20(3)34-27(32)33;1-2/h4-12,17,20H,1-2,13-16,18H2,3H3,(H,32,33);1-2H3/b21-17+;. The second kappa shape index (κ2) is 12.8. The third-order valence-corrected chi connectivity index (χ3v) is 6.14. The lowest BCUT2D eigenvalue weighted by Crippen LogP contribution is -2.46. The Balaban J connectivity index is 0.00000186. The number of carboxylic acid groups (broad SMARTS) is 1. The fourth-order valence-corrected chi connectivity index (χ4v) is 4.37. The van der Waals surface area contributed by atoms with Crippen LogP contribution in [0.25, 0.3) is 16.7 Å². The summed E-state index contributed by atoms with van der Waals surface area (Å²) in [6.45, 7) is 17.6. The van der Waals surface area contributed by atoms with Gasteiger partial charge >= 0.3 is 11.9 Å². The number of anilines is 1. The zero-order valence-corrected chi connectivity index (χ0v) is 21.7. The number of ether oxygens (including phenoxy) is 1. The predicted molar refractivity (Wildman–Crippen MR) is 148 cm³/mol. The second-order valence-electron chi connectivity index (χ2n) is 8.42. The first-order valence-electron chi connectivity index (χ1n) is 12.5. The Hall–Kier alpha value is -4.04. The highest BCUT2D eigenvalue weighted by atomic mass is 16.7. The van der Waals surface area contributed by atoms with Gasteiger partial charge in [-0.3, -0.25) is 4.90 Å². The maximum Gasteiger partial charge on any atom is 0.507 e. The molecular formula is C29H35N3O5. The van der Waals surface area contributed by atoms with Gasteiger partial charge in [0.05, 0.1) is 11.2 Å². The minimum absolute atomic E-state index is 0.428. The van der Waals surface area contributed by atoms with E-state index in [-0.39, 0.29) is 0 Å². The molecule has 1 unspecified atom stereocenters. The van der Waals surface area contributed by atoms with Gasteiger partial charge in [-0.1, -0.05) is 75.6 Å². The molecule has 1 N–H and O–H groups in total. The zero-order chi connectivity index (χ0) is 26.9. The Morgan fingerprint density at radius 1 is 1.11 bits per heavy atom. The van der Waals surface area contributed by atoms with Crippen LogP contribution in [0.3, 0.4) is 0 Å². The van der Waals surface area contributed by atoms with E-state index in [2.05, 4.69) is 29.0 Å². The Labute approximate surface area is 217 Å². The molecule has 0 saturated carbocycles. The number of oxazole rings is 1. The van der Waals surface area contributed by atoms with E-state index >= 15 is 0 Å². The van der Waals surface area contributed by atoms with E-state index in [1.807, 2.05) is 62.4 Å². The van der Waals surface area contributed by atoms with Gasteiger partial charge in [-0.25, -0.2) is 14.2 Å². The SMILES string of the molecule is C=C/C(=C\C(=C)c1ccccc1)CN1CCN(c2cccc3c2oc(=O)n3C(C)OC(=O)O)CC1.CC. The molecule has 1 saturated heterocycles. The molecule has 1 aliphatic rings. The van der Waals surface area contributed by atoms with Crippen LogP contribution in [0.5, 0.6) is 0 Å². The van der Waals surface area contributed by atoms with Crippen molar-refractivity contribution in [1.82, 2.24) is 9.47 Å². The number of hydrogen-bond donors (Lipinski definition) is 1. The minimum atomic E-state index is -1.45. The van der Waals surface area contributed by atoms with E-state index in [1.165, 1.54) is 11.5 Å². The lowest BCUT2D eigenvalue weighted by Gasteiger charge is -2.36. The van der Waals surface area contributed by atoms with Crippen molar-refractivity contribution in [2.24, 2.45) is 0 Å². The number of fused-ring (bicyclic) bond motifs is 1.